The molecule has 0 radical (unpaired) electrons. The van der Waals surface area contributed by atoms with Crippen LogP contribution in [0.15, 0.2) is 95.7 Å². The predicted octanol–water partition coefficient (Wildman–Crippen LogP) is 7.95. The average molecular weight is 458 g/mol. The van der Waals surface area contributed by atoms with Crippen LogP contribution >= 0.6 is 0 Å². The third-order valence-electron chi connectivity index (χ3n) is 7.75. The summed E-state index contributed by atoms with van der Waals surface area (Å²) in [5.41, 5.74) is 7.73. The molecule has 3 heterocycles. The average Bonchev–Trinajstić information content (AvgIpc) is 3.47. The third-order valence-corrected chi connectivity index (χ3v) is 7.75. The van der Waals surface area contributed by atoms with Gasteiger partial charge in [0.2, 0.25) is 0 Å². The molecule has 0 atom stereocenters. The first kappa shape index (κ1) is 20.2. The molecule has 4 heteroatoms. The van der Waals surface area contributed by atoms with Crippen molar-refractivity contribution in [2.24, 2.45) is 0 Å². The summed E-state index contributed by atoms with van der Waals surface area (Å²) in [6.07, 6.45) is 4.34. The number of fused-ring (bicyclic) bond motifs is 7. The van der Waals surface area contributed by atoms with Gasteiger partial charge in [-0.1, -0.05) is 36.4 Å². The second kappa shape index (κ2) is 6.92. The Kier molecular flexibility index (Phi) is 4.00. The van der Waals surface area contributed by atoms with Gasteiger partial charge in [-0.05, 0) is 68.8 Å². The minimum atomic E-state index is -0.145. The number of aryl methyl sites for hydroxylation is 1. The van der Waals surface area contributed by atoms with Gasteiger partial charge in [0.05, 0.1) is 11.0 Å². The monoisotopic (exact) mass is 457 g/mol. The number of rotatable bonds is 2. The van der Waals surface area contributed by atoms with Crippen LogP contribution in [0.4, 0.5) is 5.69 Å². The molecule has 0 unspecified atom stereocenters. The van der Waals surface area contributed by atoms with Crippen molar-refractivity contribution in [1.82, 2.24) is 9.47 Å². The first-order valence-electron chi connectivity index (χ1n) is 12.1. The molecule has 0 spiro atoms. The normalized spacial score (nSPS) is 15.4. The molecule has 1 aliphatic rings. The van der Waals surface area contributed by atoms with Crippen molar-refractivity contribution in [3.8, 4) is 5.69 Å². The van der Waals surface area contributed by atoms with E-state index in [9.17, 15) is 0 Å². The molecular weight excluding hydrogens is 430 g/mol. The summed E-state index contributed by atoms with van der Waals surface area (Å²) in [5.74, 6) is 0. The summed E-state index contributed by atoms with van der Waals surface area (Å²) in [6.45, 7) is 6.73. The molecule has 0 saturated carbocycles. The molecule has 35 heavy (non-hydrogen) atoms. The summed E-state index contributed by atoms with van der Waals surface area (Å²) in [4.78, 5) is 4.63. The molecule has 4 aromatic carbocycles. The summed E-state index contributed by atoms with van der Waals surface area (Å²) in [7, 11) is 2.13. The van der Waals surface area contributed by atoms with Gasteiger partial charge in [0, 0.05) is 52.4 Å². The zero-order chi connectivity index (χ0) is 23.9. The molecule has 0 fully saturated rings. The number of nitrogens with zero attached hydrogens (tertiary/aromatic N) is 3. The van der Waals surface area contributed by atoms with Crippen molar-refractivity contribution in [2.45, 2.75) is 26.4 Å². The van der Waals surface area contributed by atoms with Crippen LogP contribution in [0, 0.1) is 6.92 Å². The molecule has 172 valence electrons. The van der Waals surface area contributed by atoms with Crippen molar-refractivity contribution in [1.29, 1.82) is 0 Å². The Morgan fingerprint density at radius 3 is 2.26 bits per heavy atom. The molecule has 0 aliphatic carbocycles. The lowest BCUT2D eigenvalue weighted by atomic mass is 10.0. The molecule has 0 amide bonds. The van der Waals surface area contributed by atoms with E-state index in [1.807, 2.05) is 6.07 Å². The summed E-state index contributed by atoms with van der Waals surface area (Å²) >= 11 is 0. The maximum absolute atomic E-state index is 6.29. The van der Waals surface area contributed by atoms with E-state index in [1.165, 1.54) is 38.4 Å². The van der Waals surface area contributed by atoms with Crippen LogP contribution in [0.25, 0.3) is 49.4 Å². The largest absolute Gasteiger partial charge is 0.456 e. The lowest BCUT2D eigenvalue weighted by Crippen LogP contribution is -2.46. The number of anilines is 1. The Morgan fingerprint density at radius 2 is 1.49 bits per heavy atom. The maximum atomic E-state index is 6.29. The van der Waals surface area contributed by atoms with Gasteiger partial charge in [-0.2, -0.15) is 0 Å². The Morgan fingerprint density at radius 1 is 0.714 bits per heavy atom. The number of aromatic nitrogens is 1. The fourth-order valence-electron chi connectivity index (χ4n) is 5.65. The lowest BCUT2D eigenvalue weighted by Gasteiger charge is -2.39. The summed E-state index contributed by atoms with van der Waals surface area (Å²) in [6, 6.07) is 28.0. The van der Waals surface area contributed by atoms with Crippen LogP contribution in [-0.4, -0.2) is 22.2 Å². The van der Waals surface area contributed by atoms with Gasteiger partial charge in [0.1, 0.15) is 16.8 Å². The topological polar surface area (TPSA) is 24.6 Å². The van der Waals surface area contributed by atoms with E-state index in [0.29, 0.717) is 0 Å². The van der Waals surface area contributed by atoms with E-state index >= 15 is 0 Å². The van der Waals surface area contributed by atoms with E-state index in [2.05, 4.69) is 127 Å². The quantitative estimate of drug-likeness (QED) is 0.264. The maximum Gasteiger partial charge on any atom is 0.136 e. The molecule has 0 saturated heterocycles. The zero-order valence-electron chi connectivity index (χ0n) is 20.4. The molecular formula is C31H27N3O. The summed E-state index contributed by atoms with van der Waals surface area (Å²) < 4.78 is 8.68. The third kappa shape index (κ3) is 2.68. The SMILES string of the molecule is Cc1cc2c(cc1N1C=CN(C)C1(C)C)c1c3c(ccc1n2-c1ccccc1)oc1ccccc13. The highest BCUT2D eigenvalue weighted by Crippen LogP contribution is 2.44. The van der Waals surface area contributed by atoms with Gasteiger partial charge < -0.3 is 18.8 Å². The highest BCUT2D eigenvalue weighted by molar-refractivity contribution is 6.27. The smallest absolute Gasteiger partial charge is 0.136 e. The zero-order valence-corrected chi connectivity index (χ0v) is 20.4. The van der Waals surface area contributed by atoms with Crippen molar-refractivity contribution in [3.63, 3.8) is 0 Å². The van der Waals surface area contributed by atoms with Crippen LogP contribution < -0.4 is 4.90 Å². The number of hydrogen-bond acceptors (Lipinski definition) is 3. The van der Waals surface area contributed by atoms with E-state index in [0.717, 1.165) is 22.2 Å². The second-order valence-electron chi connectivity index (χ2n) is 10.0. The fourth-order valence-corrected chi connectivity index (χ4v) is 5.65. The highest BCUT2D eigenvalue weighted by atomic mass is 16.3. The van der Waals surface area contributed by atoms with Gasteiger partial charge >= 0.3 is 0 Å². The molecule has 6 aromatic rings. The Balaban J connectivity index is 1.66. The van der Waals surface area contributed by atoms with Crippen LogP contribution in [0.3, 0.4) is 0 Å². The van der Waals surface area contributed by atoms with Crippen LogP contribution in [0.1, 0.15) is 19.4 Å². The van der Waals surface area contributed by atoms with Crippen LogP contribution in [0.5, 0.6) is 0 Å². The standard InChI is InChI=1S/C31H27N3O/c1-20-18-26-23(19-25(20)33-17-16-32(4)31(33,2)3)29-24(34(26)21-10-6-5-7-11-21)14-15-28-30(29)22-12-8-9-13-27(22)35-28/h5-19H,1-4H3. The Hall–Kier alpha value is -4.18. The molecule has 0 N–H and O–H groups in total. The molecule has 2 aromatic heterocycles. The molecule has 7 rings (SSSR count). The van der Waals surface area contributed by atoms with Crippen molar-refractivity contribution in [2.75, 3.05) is 11.9 Å². The first-order valence-corrected chi connectivity index (χ1v) is 12.1. The lowest BCUT2D eigenvalue weighted by molar-refractivity contribution is 0.253. The Labute approximate surface area is 204 Å². The molecule has 4 nitrogen and oxygen atoms in total. The van der Waals surface area contributed by atoms with Gasteiger partial charge in [-0.15, -0.1) is 0 Å². The van der Waals surface area contributed by atoms with Crippen LogP contribution in [-0.2, 0) is 0 Å². The number of para-hydroxylation sites is 2. The second-order valence-corrected chi connectivity index (χ2v) is 10.0. The summed E-state index contributed by atoms with van der Waals surface area (Å²) in [5, 5.41) is 4.81. The molecule has 1 aliphatic heterocycles. The van der Waals surface area contributed by atoms with E-state index in [-0.39, 0.29) is 5.66 Å². The first-order chi connectivity index (χ1) is 16.9. The fraction of sp³-hybridized carbons (Fsp3) is 0.161. The van der Waals surface area contributed by atoms with Crippen molar-refractivity contribution < 1.29 is 4.42 Å². The minimum Gasteiger partial charge on any atom is -0.456 e. The number of hydrogen-bond donors (Lipinski definition) is 0. The van der Waals surface area contributed by atoms with E-state index < -0.39 is 0 Å². The van der Waals surface area contributed by atoms with Gasteiger partial charge in [0.15, 0.2) is 0 Å². The van der Waals surface area contributed by atoms with Gasteiger partial charge in [0.25, 0.3) is 0 Å². The van der Waals surface area contributed by atoms with E-state index in [4.69, 9.17) is 4.42 Å². The minimum absolute atomic E-state index is 0.145. The van der Waals surface area contributed by atoms with Crippen LogP contribution in [0.2, 0.25) is 0 Å². The van der Waals surface area contributed by atoms with Gasteiger partial charge in [-0.3, -0.25) is 0 Å². The number of benzene rings is 4. The van der Waals surface area contributed by atoms with E-state index in [1.54, 1.807) is 0 Å². The Bertz CT molecular complexity index is 1800. The van der Waals surface area contributed by atoms with Crippen molar-refractivity contribution >= 4 is 49.4 Å². The highest BCUT2D eigenvalue weighted by Gasteiger charge is 2.34. The number of furan rings is 1. The molecule has 0 bridgehead atoms. The van der Waals surface area contributed by atoms with Crippen molar-refractivity contribution in [3.05, 3.63) is 96.8 Å². The predicted molar refractivity (Wildman–Crippen MR) is 146 cm³/mol. The van der Waals surface area contributed by atoms with Gasteiger partial charge in [-0.25, -0.2) is 0 Å².